The van der Waals surface area contributed by atoms with Crippen LogP contribution in [0.4, 0.5) is 11.6 Å². The van der Waals surface area contributed by atoms with Gasteiger partial charge in [-0.2, -0.15) is 0 Å². The van der Waals surface area contributed by atoms with Crippen molar-refractivity contribution in [3.05, 3.63) is 11.4 Å². The lowest BCUT2D eigenvalue weighted by Crippen LogP contribution is -2.28. The molecule has 0 unspecified atom stereocenters. The molecule has 3 rings (SSSR count). The van der Waals surface area contributed by atoms with Crippen LogP contribution in [-0.2, 0) is 0 Å². The number of hydrogen-bond donors (Lipinski definition) is 1. The van der Waals surface area contributed by atoms with Gasteiger partial charge in [-0.25, -0.2) is 9.97 Å². The van der Waals surface area contributed by atoms with E-state index in [0.717, 1.165) is 23.8 Å². The first-order chi connectivity index (χ1) is 8.20. The molecule has 1 aromatic rings. The maximum Gasteiger partial charge on any atom is 0.137 e. The van der Waals surface area contributed by atoms with Gasteiger partial charge in [-0.1, -0.05) is 0 Å². The molecule has 0 radical (unpaired) electrons. The minimum atomic E-state index is 0.564. The van der Waals surface area contributed by atoms with E-state index in [1.54, 1.807) is 0 Å². The molecule has 4 heteroatoms. The molecule has 1 aromatic heterocycles. The van der Waals surface area contributed by atoms with E-state index < -0.39 is 0 Å². The van der Waals surface area contributed by atoms with Crippen molar-refractivity contribution in [2.45, 2.75) is 51.5 Å². The fourth-order valence-corrected chi connectivity index (χ4v) is 2.31. The monoisotopic (exact) mass is 232 g/mol. The first kappa shape index (κ1) is 10.8. The van der Waals surface area contributed by atoms with E-state index in [1.165, 1.54) is 25.7 Å². The Balaban J connectivity index is 2.00. The van der Waals surface area contributed by atoms with Crippen LogP contribution >= 0.6 is 0 Å². The van der Waals surface area contributed by atoms with Gasteiger partial charge in [-0.05, 0) is 39.5 Å². The Morgan fingerprint density at radius 2 is 1.94 bits per heavy atom. The van der Waals surface area contributed by atoms with E-state index in [4.69, 9.17) is 10.7 Å². The molecule has 2 saturated carbocycles. The number of nitrogens with two attached hydrogens (primary N) is 1. The number of anilines is 2. The van der Waals surface area contributed by atoms with Crippen LogP contribution in [0.25, 0.3) is 0 Å². The first-order valence-electron chi connectivity index (χ1n) is 6.61. The summed E-state index contributed by atoms with van der Waals surface area (Å²) in [6.45, 7) is 5.23. The summed E-state index contributed by atoms with van der Waals surface area (Å²) in [4.78, 5) is 11.6. The van der Waals surface area contributed by atoms with Gasteiger partial charge in [0.1, 0.15) is 17.5 Å². The number of rotatable bonds is 4. The second-order valence-corrected chi connectivity index (χ2v) is 5.21. The molecule has 92 valence electrons. The Hall–Kier alpha value is -1.32. The lowest BCUT2D eigenvalue weighted by molar-refractivity contribution is 0.785. The summed E-state index contributed by atoms with van der Waals surface area (Å²) in [5.74, 6) is 3.26. The van der Waals surface area contributed by atoms with E-state index >= 15 is 0 Å². The zero-order valence-corrected chi connectivity index (χ0v) is 10.6. The van der Waals surface area contributed by atoms with Crippen LogP contribution in [0.3, 0.4) is 0 Å². The van der Waals surface area contributed by atoms with Crippen molar-refractivity contribution < 1.29 is 0 Å². The molecule has 0 spiro atoms. The molecule has 17 heavy (non-hydrogen) atoms. The normalized spacial score (nSPS) is 19.4. The van der Waals surface area contributed by atoms with Crippen LogP contribution in [0, 0.1) is 6.92 Å². The average molecular weight is 232 g/mol. The van der Waals surface area contributed by atoms with Gasteiger partial charge in [0, 0.05) is 24.1 Å². The van der Waals surface area contributed by atoms with Crippen LogP contribution < -0.4 is 10.6 Å². The minimum Gasteiger partial charge on any atom is -0.383 e. The fraction of sp³-hybridized carbons (Fsp3) is 0.692. The van der Waals surface area contributed by atoms with Crippen molar-refractivity contribution >= 4 is 11.6 Å². The Kier molecular flexibility index (Phi) is 2.45. The van der Waals surface area contributed by atoms with Crippen molar-refractivity contribution in [3.63, 3.8) is 0 Å². The van der Waals surface area contributed by atoms with Crippen LogP contribution in [0.5, 0.6) is 0 Å². The first-order valence-corrected chi connectivity index (χ1v) is 6.61. The highest BCUT2D eigenvalue weighted by atomic mass is 15.2. The third-order valence-corrected chi connectivity index (χ3v) is 3.72. The highest BCUT2D eigenvalue weighted by Gasteiger charge is 2.33. The highest BCUT2D eigenvalue weighted by Crippen LogP contribution is 2.40. The van der Waals surface area contributed by atoms with Crippen molar-refractivity contribution in [1.29, 1.82) is 0 Å². The molecular weight excluding hydrogens is 212 g/mol. The van der Waals surface area contributed by atoms with Gasteiger partial charge in [0.15, 0.2) is 0 Å². The third-order valence-electron chi connectivity index (χ3n) is 3.72. The van der Waals surface area contributed by atoms with Gasteiger partial charge < -0.3 is 10.6 Å². The van der Waals surface area contributed by atoms with E-state index in [9.17, 15) is 0 Å². The molecule has 0 aliphatic heterocycles. The van der Waals surface area contributed by atoms with Gasteiger partial charge in [0.05, 0.1) is 0 Å². The van der Waals surface area contributed by atoms with E-state index in [1.807, 2.05) is 6.92 Å². The zero-order valence-electron chi connectivity index (χ0n) is 10.6. The molecule has 0 saturated heterocycles. The standard InChI is InChI=1S/C13H20N4/c1-3-17(10-6-7-10)13-8(2)11(14)15-12(16-13)9-4-5-9/h9-10H,3-7H2,1-2H3,(H2,14,15,16). The molecule has 2 fully saturated rings. The summed E-state index contributed by atoms with van der Waals surface area (Å²) < 4.78 is 0. The summed E-state index contributed by atoms with van der Waals surface area (Å²) in [5, 5.41) is 0. The number of hydrogen-bond acceptors (Lipinski definition) is 4. The van der Waals surface area contributed by atoms with Gasteiger partial charge >= 0.3 is 0 Å². The van der Waals surface area contributed by atoms with Crippen LogP contribution in [-0.4, -0.2) is 22.6 Å². The second kappa shape index (κ2) is 3.86. The fourth-order valence-electron chi connectivity index (χ4n) is 2.31. The van der Waals surface area contributed by atoms with Gasteiger partial charge in [0.25, 0.3) is 0 Å². The molecular formula is C13H20N4. The van der Waals surface area contributed by atoms with Crippen LogP contribution in [0.15, 0.2) is 0 Å². The predicted octanol–water partition coefficient (Wildman–Crippen LogP) is 2.23. The molecule has 2 N–H and O–H groups in total. The van der Waals surface area contributed by atoms with E-state index in [2.05, 4.69) is 16.8 Å². The third kappa shape index (κ3) is 1.96. The minimum absolute atomic E-state index is 0.564. The number of nitrogen functional groups attached to an aromatic ring is 1. The molecule has 1 heterocycles. The average Bonchev–Trinajstić information content (AvgIpc) is 3.17. The Bertz CT molecular complexity index is 435. The molecule has 0 aromatic carbocycles. The molecule has 2 aliphatic carbocycles. The van der Waals surface area contributed by atoms with Crippen LogP contribution in [0.2, 0.25) is 0 Å². The molecule has 0 amide bonds. The number of nitrogens with zero attached hydrogens (tertiary/aromatic N) is 3. The lowest BCUT2D eigenvalue weighted by atomic mass is 10.2. The van der Waals surface area contributed by atoms with Crippen molar-refractivity contribution in [2.24, 2.45) is 0 Å². The largest absolute Gasteiger partial charge is 0.383 e. The Morgan fingerprint density at radius 1 is 1.24 bits per heavy atom. The molecule has 0 bridgehead atoms. The lowest BCUT2D eigenvalue weighted by Gasteiger charge is -2.24. The Labute approximate surface area is 102 Å². The van der Waals surface area contributed by atoms with Crippen molar-refractivity contribution in [1.82, 2.24) is 9.97 Å². The summed E-state index contributed by atoms with van der Waals surface area (Å²) in [6, 6.07) is 0.681. The van der Waals surface area contributed by atoms with Gasteiger partial charge in [0.2, 0.25) is 0 Å². The zero-order chi connectivity index (χ0) is 12.0. The summed E-state index contributed by atoms with van der Waals surface area (Å²) in [6.07, 6.45) is 5.01. The maximum absolute atomic E-state index is 6.02. The predicted molar refractivity (Wildman–Crippen MR) is 69.2 cm³/mol. The SMILES string of the molecule is CCN(c1nc(C2CC2)nc(N)c1C)C1CC1. The maximum atomic E-state index is 6.02. The van der Waals surface area contributed by atoms with Gasteiger partial charge in [-0.3, -0.25) is 0 Å². The quantitative estimate of drug-likeness (QED) is 0.865. The van der Waals surface area contributed by atoms with Crippen molar-refractivity contribution in [3.8, 4) is 0 Å². The van der Waals surface area contributed by atoms with E-state index in [-0.39, 0.29) is 0 Å². The van der Waals surface area contributed by atoms with E-state index in [0.29, 0.717) is 17.8 Å². The smallest absolute Gasteiger partial charge is 0.137 e. The topological polar surface area (TPSA) is 55.0 Å². The summed E-state index contributed by atoms with van der Waals surface area (Å²) in [5.41, 5.74) is 7.07. The molecule has 0 atom stereocenters. The molecule has 4 nitrogen and oxygen atoms in total. The van der Waals surface area contributed by atoms with Crippen LogP contribution in [0.1, 0.15) is 49.9 Å². The highest BCUT2D eigenvalue weighted by molar-refractivity contribution is 5.58. The summed E-state index contributed by atoms with van der Waals surface area (Å²) in [7, 11) is 0. The van der Waals surface area contributed by atoms with Crippen molar-refractivity contribution in [2.75, 3.05) is 17.2 Å². The molecule has 2 aliphatic rings. The second-order valence-electron chi connectivity index (χ2n) is 5.21. The van der Waals surface area contributed by atoms with Gasteiger partial charge in [-0.15, -0.1) is 0 Å². The summed E-state index contributed by atoms with van der Waals surface area (Å²) >= 11 is 0. The number of aromatic nitrogens is 2. The Morgan fingerprint density at radius 3 is 2.47 bits per heavy atom.